The van der Waals surface area contributed by atoms with Gasteiger partial charge in [0, 0.05) is 16.3 Å². The molecule has 6 heteroatoms. The summed E-state index contributed by atoms with van der Waals surface area (Å²) in [6.07, 6.45) is 0. The van der Waals surface area contributed by atoms with Gasteiger partial charge < -0.3 is 9.30 Å². The van der Waals surface area contributed by atoms with Crippen LogP contribution in [0.15, 0.2) is 77.6 Å². The van der Waals surface area contributed by atoms with Gasteiger partial charge in [0.15, 0.2) is 17.8 Å². The molecule has 3 aromatic carbocycles. The number of ketones is 1. The first-order valence-corrected chi connectivity index (χ1v) is 8.99. The van der Waals surface area contributed by atoms with Gasteiger partial charge in [0.1, 0.15) is 12.4 Å². The molecule has 0 N–H and O–H groups in total. The lowest BCUT2D eigenvalue weighted by Crippen LogP contribution is -2.20. The molecule has 0 atom stereocenters. The van der Waals surface area contributed by atoms with Crippen LogP contribution in [0.1, 0.15) is 10.4 Å². The smallest absolute Gasteiger partial charge is 0.326 e. The number of rotatable bonds is 5. The maximum absolute atomic E-state index is 13.0. The van der Waals surface area contributed by atoms with Crippen LogP contribution in [0.2, 0.25) is 0 Å². The molecule has 0 saturated heterocycles. The van der Waals surface area contributed by atoms with E-state index < -0.39 is 24.2 Å². The standard InChI is InChI=1S/C23H16FNO4/c24-16-11-9-15(10-12-16)21(26)14-29-22(27)13-25-19-7-3-1-5-17(19)23(28)18-6-2-4-8-20(18)25/h1-12H,13-14H2. The first-order chi connectivity index (χ1) is 14.0. The molecule has 5 nitrogen and oxygen atoms in total. The summed E-state index contributed by atoms with van der Waals surface area (Å²) in [5.74, 6) is -1.48. The van der Waals surface area contributed by atoms with Gasteiger partial charge in [-0.1, -0.05) is 24.3 Å². The zero-order valence-electron chi connectivity index (χ0n) is 15.3. The fraction of sp³-hybridized carbons (Fsp3) is 0.0870. The SMILES string of the molecule is O=C(Cn1c2ccccc2c(=O)c2ccccc21)OCC(=O)c1ccc(F)cc1. The number of ether oxygens (including phenoxy) is 1. The quantitative estimate of drug-likeness (QED) is 0.296. The normalized spacial score (nSPS) is 10.9. The number of fused-ring (bicyclic) bond motifs is 2. The summed E-state index contributed by atoms with van der Waals surface area (Å²) >= 11 is 0. The number of halogens is 1. The minimum atomic E-state index is -0.612. The van der Waals surface area contributed by atoms with Gasteiger partial charge in [-0.25, -0.2) is 4.39 Å². The minimum absolute atomic E-state index is 0.104. The van der Waals surface area contributed by atoms with Crippen molar-refractivity contribution >= 4 is 33.6 Å². The van der Waals surface area contributed by atoms with Gasteiger partial charge in [0.2, 0.25) is 0 Å². The first kappa shape index (κ1) is 18.6. The number of pyridine rings is 1. The molecule has 0 amide bonds. The molecule has 0 radical (unpaired) electrons. The van der Waals surface area contributed by atoms with E-state index in [4.69, 9.17) is 4.74 Å². The van der Waals surface area contributed by atoms with Gasteiger partial charge in [-0.05, 0) is 48.5 Å². The number of aromatic nitrogens is 1. The second-order valence-electron chi connectivity index (χ2n) is 6.54. The number of hydrogen-bond acceptors (Lipinski definition) is 4. The highest BCUT2D eigenvalue weighted by Crippen LogP contribution is 2.19. The Labute approximate surface area is 165 Å². The number of hydrogen-bond donors (Lipinski definition) is 0. The third-order valence-corrected chi connectivity index (χ3v) is 4.70. The Bertz CT molecular complexity index is 1230. The van der Waals surface area contributed by atoms with E-state index in [1.54, 1.807) is 53.1 Å². The van der Waals surface area contributed by atoms with Crippen LogP contribution in [0.3, 0.4) is 0 Å². The average molecular weight is 389 g/mol. The van der Waals surface area contributed by atoms with Crippen molar-refractivity contribution in [2.45, 2.75) is 6.54 Å². The zero-order valence-corrected chi connectivity index (χ0v) is 15.3. The molecule has 0 aliphatic heterocycles. The average Bonchev–Trinajstić information content (AvgIpc) is 2.75. The minimum Gasteiger partial charge on any atom is -0.456 e. The van der Waals surface area contributed by atoms with Gasteiger partial charge >= 0.3 is 5.97 Å². The van der Waals surface area contributed by atoms with E-state index in [0.717, 1.165) is 0 Å². The molecule has 4 rings (SSSR count). The summed E-state index contributed by atoms with van der Waals surface area (Å²) in [7, 11) is 0. The van der Waals surface area contributed by atoms with E-state index in [0.29, 0.717) is 21.8 Å². The summed E-state index contributed by atoms with van der Waals surface area (Å²) in [5, 5.41) is 1.00. The van der Waals surface area contributed by atoms with E-state index in [2.05, 4.69) is 0 Å². The van der Waals surface area contributed by atoms with Crippen molar-refractivity contribution in [3.8, 4) is 0 Å². The molecular weight excluding hydrogens is 373 g/mol. The predicted octanol–water partition coefficient (Wildman–Crippen LogP) is 3.72. The molecule has 144 valence electrons. The van der Waals surface area contributed by atoms with E-state index in [1.807, 2.05) is 0 Å². The number of esters is 1. The topological polar surface area (TPSA) is 65.4 Å². The van der Waals surface area contributed by atoms with Crippen LogP contribution < -0.4 is 5.43 Å². The van der Waals surface area contributed by atoms with Crippen molar-refractivity contribution < 1.29 is 18.7 Å². The van der Waals surface area contributed by atoms with Crippen LogP contribution in [-0.2, 0) is 16.1 Å². The van der Waals surface area contributed by atoms with E-state index >= 15 is 0 Å². The van der Waals surface area contributed by atoms with Crippen LogP contribution in [0.25, 0.3) is 21.8 Å². The van der Waals surface area contributed by atoms with Gasteiger partial charge in [0.25, 0.3) is 0 Å². The molecular formula is C23H16FNO4. The Morgan fingerprint density at radius 2 is 1.38 bits per heavy atom. The third-order valence-electron chi connectivity index (χ3n) is 4.70. The summed E-state index contributed by atoms with van der Waals surface area (Å²) in [6.45, 7) is -0.599. The highest BCUT2D eigenvalue weighted by molar-refractivity contribution is 5.98. The van der Waals surface area contributed by atoms with Crippen molar-refractivity contribution in [3.63, 3.8) is 0 Å². The fourth-order valence-corrected chi connectivity index (χ4v) is 3.29. The molecule has 0 spiro atoms. The van der Waals surface area contributed by atoms with Crippen molar-refractivity contribution in [2.75, 3.05) is 6.61 Å². The van der Waals surface area contributed by atoms with Crippen LogP contribution in [0, 0.1) is 5.82 Å². The molecule has 1 aromatic heterocycles. The largest absolute Gasteiger partial charge is 0.456 e. The molecule has 0 aliphatic carbocycles. The second kappa shape index (κ2) is 7.67. The highest BCUT2D eigenvalue weighted by Gasteiger charge is 2.15. The number of carbonyl (C=O) groups excluding carboxylic acids is 2. The maximum atomic E-state index is 13.0. The fourth-order valence-electron chi connectivity index (χ4n) is 3.29. The molecule has 29 heavy (non-hydrogen) atoms. The number of benzene rings is 3. The lowest BCUT2D eigenvalue weighted by atomic mass is 10.1. The molecule has 0 aliphatic rings. The lowest BCUT2D eigenvalue weighted by molar-refractivity contribution is -0.143. The molecule has 0 unspecified atom stereocenters. The Morgan fingerprint density at radius 3 is 1.97 bits per heavy atom. The summed E-state index contributed by atoms with van der Waals surface area (Å²) in [4.78, 5) is 37.3. The number of para-hydroxylation sites is 2. The maximum Gasteiger partial charge on any atom is 0.326 e. The molecule has 0 saturated carbocycles. The monoisotopic (exact) mass is 389 g/mol. The van der Waals surface area contributed by atoms with E-state index in [-0.39, 0.29) is 17.5 Å². The van der Waals surface area contributed by atoms with E-state index in [1.165, 1.54) is 24.3 Å². The van der Waals surface area contributed by atoms with Gasteiger partial charge in [-0.15, -0.1) is 0 Å². The Hall–Kier alpha value is -3.80. The summed E-state index contributed by atoms with van der Waals surface area (Å²) in [5.41, 5.74) is 1.38. The molecule has 4 aromatic rings. The summed E-state index contributed by atoms with van der Waals surface area (Å²) in [6, 6.07) is 19.1. The van der Waals surface area contributed by atoms with Gasteiger partial charge in [0.05, 0.1) is 11.0 Å². The van der Waals surface area contributed by atoms with Gasteiger partial charge in [-0.2, -0.15) is 0 Å². The second-order valence-corrected chi connectivity index (χ2v) is 6.54. The van der Waals surface area contributed by atoms with Crippen LogP contribution >= 0.6 is 0 Å². The number of nitrogens with zero attached hydrogens (tertiary/aromatic N) is 1. The van der Waals surface area contributed by atoms with Crippen LogP contribution in [-0.4, -0.2) is 22.9 Å². The number of carbonyl (C=O) groups is 2. The van der Waals surface area contributed by atoms with Crippen molar-refractivity contribution in [1.29, 1.82) is 0 Å². The Balaban J connectivity index is 1.61. The van der Waals surface area contributed by atoms with Crippen molar-refractivity contribution in [1.82, 2.24) is 4.57 Å². The molecule has 0 fully saturated rings. The lowest BCUT2D eigenvalue weighted by Gasteiger charge is -2.14. The zero-order chi connectivity index (χ0) is 20.4. The Morgan fingerprint density at radius 1 is 0.828 bits per heavy atom. The van der Waals surface area contributed by atoms with E-state index in [9.17, 15) is 18.8 Å². The predicted molar refractivity (Wildman–Crippen MR) is 107 cm³/mol. The van der Waals surface area contributed by atoms with Crippen LogP contribution in [0.5, 0.6) is 0 Å². The Kier molecular flexibility index (Phi) is 4.91. The van der Waals surface area contributed by atoms with Crippen molar-refractivity contribution in [2.24, 2.45) is 0 Å². The number of Topliss-reactive ketones (excluding diaryl/α,β-unsaturated/α-hetero) is 1. The highest BCUT2D eigenvalue weighted by atomic mass is 19.1. The third kappa shape index (κ3) is 3.65. The summed E-state index contributed by atoms with van der Waals surface area (Å²) < 4.78 is 19.8. The first-order valence-electron chi connectivity index (χ1n) is 8.99. The van der Waals surface area contributed by atoms with Crippen molar-refractivity contribution in [3.05, 3.63) is 94.4 Å². The molecule has 0 bridgehead atoms. The van der Waals surface area contributed by atoms with Crippen LogP contribution in [0.4, 0.5) is 4.39 Å². The molecule has 1 heterocycles. The van der Waals surface area contributed by atoms with Gasteiger partial charge in [-0.3, -0.25) is 14.4 Å².